The molecule has 0 N–H and O–H groups in total. The molecule has 1 unspecified atom stereocenters. The van der Waals surface area contributed by atoms with Crippen molar-refractivity contribution in [2.24, 2.45) is 10.8 Å². The van der Waals surface area contributed by atoms with E-state index >= 15 is 0 Å². The van der Waals surface area contributed by atoms with Crippen LogP contribution in [0.1, 0.15) is 34.1 Å². The van der Waals surface area contributed by atoms with Crippen LogP contribution in [0.25, 0.3) is 0 Å². The number of halogens is 2. The van der Waals surface area contributed by atoms with E-state index in [2.05, 4.69) is 4.90 Å². The van der Waals surface area contributed by atoms with Crippen molar-refractivity contribution in [3.8, 4) is 0 Å². The van der Waals surface area contributed by atoms with Crippen LogP contribution in [0, 0.1) is 10.8 Å². The molecule has 0 aromatic heterocycles. The van der Waals surface area contributed by atoms with Gasteiger partial charge in [-0.25, -0.2) is 8.78 Å². The maximum absolute atomic E-state index is 14.0. The summed E-state index contributed by atoms with van der Waals surface area (Å²) in [4.78, 5) is 4.11. The first-order chi connectivity index (χ1) is 12.3. The van der Waals surface area contributed by atoms with Crippen molar-refractivity contribution in [1.82, 2.24) is 9.80 Å². The lowest BCUT2D eigenvalue weighted by Gasteiger charge is -2.45. The summed E-state index contributed by atoms with van der Waals surface area (Å²) in [6.45, 7) is 11.8. The van der Waals surface area contributed by atoms with Gasteiger partial charge in [0.1, 0.15) is 0 Å². The summed E-state index contributed by atoms with van der Waals surface area (Å²) in [6.07, 6.45) is -0.136. The van der Waals surface area contributed by atoms with Crippen LogP contribution in [0.4, 0.5) is 8.78 Å². The maximum atomic E-state index is 14.0. The van der Waals surface area contributed by atoms with Crippen molar-refractivity contribution < 1.29 is 23.0 Å². The van der Waals surface area contributed by atoms with E-state index in [1.54, 1.807) is 0 Å². The Morgan fingerprint density at radius 2 is 1.67 bits per heavy atom. The number of likely N-dealkylation sites (N-methyl/N-ethyl adjacent to an activating group) is 1. The van der Waals surface area contributed by atoms with Gasteiger partial charge in [-0.05, 0) is 48.8 Å². The quantitative estimate of drug-likeness (QED) is 0.510. The smallest absolute Gasteiger partial charge is 0.258 e. The van der Waals surface area contributed by atoms with Crippen LogP contribution in [0.5, 0.6) is 0 Å². The van der Waals surface area contributed by atoms with Gasteiger partial charge < -0.3 is 24.0 Å². The first-order valence-electron chi connectivity index (χ1n) is 9.85. The average Bonchev–Trinajstić information content (AvgIpc) is 2.99. The Labute approximate surface area is 163 Å². The second kappa shape index (κ2) is 8.19. The number of hydrogen-bond acceptors (Lipinski definition) is 5. The topological polar surface area (TPSA) is 34.2 Å². The molecular weight excluding hydrogens is 354 g/mol. The second-order valence-corrected chi connectivity index (χ2v) is 9.97. The zero-order valence-electron chi connectivity index (χ0n) is 18.1. The molecule has 2 aliphatic rings. The van der Waals surface area contributed by atoms with E-state index in [0.717, 1.165) is 6.54 Å². The summed E-state index contributed by atoms with van der Waals surface area (Å²) >= 11 is 0. The molecule has 27 heavy (non-hydrogen) atoms. The predicted octanol–water partition coefficient (Wildman–Crippen LogP) is 2.74. The number of alkyl halides is 2. The SMILES string of the molecule is CC(C)OCC1(CN(C)CC(C)(C)OCC2(CN(C)C)COC2)CC1(F)F. The molecule has 1 saturated heterocycles. The van der Waals surface area contributed by atoms with Crippen LogP contribution in [0.15, 0.2) is 0 Å². The lowest BCUT2D eigenvalue weighted by atomic mass is 9.86. The van der Waals surface area contributed by atoms with Crippen molar-refractivity contribution in [3.63, 3.8) is 0 Å². The number of ether oxygens (including phenoxy) is 3. The third kappa shape index (κ3) is 6.07. The van der Waals surface area contributed by atoms with Crippen molar-refractivity contribution in [2.75, 3.05) is 67.2 Å². The van der Waals surface area contributed by atoms with Gasteiger partial charge in [-0.1, -0.05) is 0 Å². The van der Waals surface area contributed by atoms with Crippen LogP contribution in [-0.4, -0.2) is 94.6 Å². The van der Waals surface area contributed by atoms with E-state index in [1.165, 1.54) is 0 Å². The van der Waals surface area contributed by atoms with E-state index < -0.39 is 16.9 Å². The molecule has 2 rings (SSSR count). The Morgan fingerprint density at radius 1 is 1.07 bits per heavy atom. The largest absolute Gasteiger partial charge is 0.380 e. The van der Waals surface area contributed by atoms with Crippen molar-refractivity contribution in [2.45, 2.75) is 51.7 Å². The molecule has 1 atom stereocenters. The van der Waals surface area contributed by atoms with E-state index in [-0.39, 0.29) is 24.5 Å². The Morgan fingerprint density at radius 3 is 2.07 bits per heavy atom. The van der Waals surface area contributed by atoms with E-state index in [9.17, 15) is 8.78 Å². The monoisotopic (exact) mass is 392 g/mol. The summed E-state index contributed by atoms with van der Waals surface area (Å²) < 4.78 is 45.2. The minimum atomic E-state index is -2.64. The predicted molar refractivity (Wildman–Crippen MR) is 102 cm³/mol. The summed E-state index contributed by atoms with van der Waals surface area (Å²) in [7, 11) is 5.99. The molecule has 160 valence electrons. The van der Waals surface area contributed by atoms with Gasteiger partial charge in [-0.15, -0.1) is 0 Å². The Bertz CT molecular complexity index is 496. The Kier molecular flexibility index (Phi) is 6.96. The fourth-order valence-electron chi connectivity index (χ4n) is 3.98. The van der Waals surface area contributed by atoms with E-state index in [1.807, 2.05) is 53.7 Å². The summed E-state index contributed by atoms with van der Waals surface area (Å²) in [5.41, 5.74) is -1.45. The highest BCUT2D eigenvalue weighted by atomic mass is 19.3. The summed E-state index contributed by atoms with van der Waals surface area (Å²) in [5.74, 6) is -2.64. The second-order valence-electron chi connectivity index (χ2n) is 9.97. The fraction of sp³-hybridized carbons (Fsp3) is 1.00. The van der Waals surface area contributed by atoms with Crippen LogP contribution in [0.2, 0.25) is 0 Å². The molecule has 0 bridgehead atoms. The molecule has 0 radical (unpaired) electrons. The van der Waals surface area contributed by atoms with Gasteiger partial charge in [-0.2, -0.15) is 0 Å². The molecule has 5 nitrogen and oxygen atoms in total. The first-order valence-corrected chi connectivity index (χ1v) is 9.85. The van der Waals surface area contributed by atoms with Gasteiger partial charge >= 0.3 is 0 Å². The lowest BCUT2D eigenvalue weighted by molar-refractivity contribution is -0.181. The van der Waals surface area contributed by atoms with Gasteiger partial charge in [0.25, 0.3) is 5.92 Å². The van der Waals surface area contributed by atoms with Gasteiger partial charge in [0.15, 0.2) is 0 Å². The highest BCUT2D eigenvalue weighted by Gasteiger charge is 2.71. The Hall–Kier alpha value is -0.340. The van der Waals surface area contributed by atoms with Crippen molar-refractivity contribution >= 4 is 0 Å². The van der Waals surface area contributed by atoms with Crippen molar-refractivity contribution in [3.05, 3.63) is 0 Å². The average molecular weight is 393 g/mol. The molecule has 0 amide bonds. The zero-order chi connectivity index (χ0) is 20.5. The number of hydrogen-bond donors (Lipinski definition) is 0. The van der Waals surface area contributed by atoms with Crippen LogP contribution in [0.3, 0.4) is 0 Å². The molecular formula is C20H38F2N2O3. The molecule has 7 heteroatoms. The first kappa shape index (κ1) is 22.9. The van der Waals surface area contributed by atoms with Crippen LogP contribution in [-0.2, 0) is 14.2 Å². The highest BCUT2D eigenvalue weighted by Crippen LogP contribution is 2.61. The number of nitrogens with zero attached hydrogens (tertiary/aromatic N) is 2. The van der Waals surface area contributed by atoms with Crippen molar-refractivity contribution in [1.29, 1.82) is 0 Å². The normalized spacial score (nSPS) is 26.7. The van der Waals surface area contributed by atoms with Crippen LogP contribution >= 0.6 is 0 Å². The Balaban J connectivity index is 1.85. The zero-order valence-corrected chi connectivity index (χ0v) is 18.1. The molecule has 0 aromatic rings. The molecule has 1 aliphatic heterocycles. The molecule has 0 aromatic carbocycles. The van der Waals surface area contributed by atoms with Gasteiger partial charge in [0.2, 0.25) is 0 Å². The van der Waals surface area contributed by atoms with Crippen LogP contribution < -0.4 is 0 Å². The van der Waals surface area contributed by atoms with Gasteiger partial charge in [0, 0.05) is 26.1 Å². The lowest BCUT2D eigenvalue weighted by Crippen LogP contribution is -2.54. The standard InChI is InChI=1S/C20H38F2N2O3/c1-16(2)26-15-19(8-20(19,21)22)11-24(7)9-17(3,4)27-14-18(10-23(5)6)12-25-13-18/h16H,8-15H2,1-7H3. The maximum Gasteiger partial charge on any atom is 0.258 e. The summed E-state index contributed by atoms with van der Waals surface area (Å²) in [6, 6.07) is 0. The van der Waals surface area contributed by atoms with E-state index in [4.69, 9.17) is 14.2 Å². The molecule has 0 spiro atoms. The van der Waals surface area contributed by atoms with Gasteiger partial charge in [-0.3, -0.25) is 0 Å². The van der Waals surface area contributed by atoms with Gasteiger partial charge in [0.05, 0.1) is 49.0 Å². The molecule has 2 fully saturated rings. The fourth-order valence-corrected chi connectivity index (χ4v) is 3.98. The minimum absolute atomic E-state index is 0.0369. The third-order valence-electron chi connectivity index (χ3n) is 5.36. The molecule has 1 aliphatic carbocycles. The van der Waals surface area contributed by atoms with E-state index in [0.29, 0.717) is 32.9 Å². The minimum Gasteiger partial charge on any atom is -0.380 e. The highest BCUT2D eigenvalue weighted by molar-refractivity contribution is 5.11. The molecule has 1 heterocycles. The third-order valence-corrected chi connectivity index (χ3v) is 5.36. The summed E-state index contributed by atoms with van der Waals surface area (Å²) in [5, 5.41) is 0. The number of rotatable bonds is 12. The molecule has 1 saturated carbocycles.